The Hall–Kier alpha value is -4.14. The van der Waals surface area contributed by atoms with Gasteiger partial charge in [-0.25, -0.2) is 4.98 Å². The molecule has 11 heteroatoms. The van der Waals surface area contributed by atoms with Crippen LogP contribution in [-0.4, -0.2) is 46.6 Å². The molecule has 0 aliphatic heterocycles. The minimum Gasteiger partial charge on any atom is -0.366 e. The van der Waals surface area contributed by atoms with Crippen molar-refractivity contribution in [1.29, 1.82) is 0 Å². The molecule has 0 fully saturated rings. The van der Waals surface area contributed by atoms with Crippen molar-refractivity contribution in [3.05, 3.63) is 63.6 Å². The van der Waals surface area contributed by atoms with E-state index in [1.807, 2.05) is 42.5 Å². The van der Waals surface area contributed by atoms with Gasteiger partial charge in [0.05, 0.1) is 11.7 Å². The summed E-state index contributed by atoms with van der Waals surface area (Å²) in [4.78, 5) is 47.0. The van der Waals surface area contributed by atoms with Crippen LogP contribution in [0.1, 0.15) is 27.2 Å². The Morgan fingerprint density at radius 3 is 2.49 bits per heavy atom. The molecule has 0 atom stereocenters. The van der Waals surface area contributed by atoms with Gasteiger partial charge in [0, 0.05) is 41.9 Å². The predicted molar refractivity (Wildman–Crippen MR) is 142 cm³/mol. The molecular formula is C24H26B2N6O3. The number of aromatic nitrogens is 4. The number of hydrogen-bond acceptors (Lipinski definition) is 5. The first-order valence-corrected chi connectivity index (χ1v) is 11.2. The van der Waals surface area contributed by atoms with Crippen LogP contribution in [0.5, 0.6) is 0 Å². The molecule has 4 rings (SSSR count). The Labute approximate surface area is 204 Å². The number of rotatable bonds is 5. The van der Waals surface area contributed by atoms with E-state index in [1.54, 1.807) is 30.1 Å². The van der Waals surface area contributed by atoms with E-state index in [0.717, 1.165) is 27.7 Å². The molecule has 3 N–H and O–H groups in total. The van der Waals surface area contributed by atoms with Crippen molar-refractivity contribution in [2.45, 2.75) is 27.3 Å². The summed E-state index contributed by atoms with van der Waals surface area (Å²) in [6.07, 6.45) is 4.88. The van der Waals surface area contributed by atoms with Crippen LogP contribution in [-0.2, 0) is 18.4 Å². The lowest BCUT2D eigenvalue weighted by molar-refractivity contribution is -0.116. The van der Waals surface area contributed by atoms with Gasteiger partial charge >= 0.3 is 0 Å². The highest BCUT2D eigenvalue weighted by Crippen LogP contribution is 2.27. The second kappa shape index (κ2) is 8.90. The molecule has 0 spiro atoms. The predicted octanol–water partition coefficient (Wildman–Crippen LogP) is -1.02. The van der Waals surface area contributed by atoms with Gasteiger partial charge in [-0.1, -0.05) is 10.9 Å². The van der Waals surface area contributed by atoms with E-state index in [9.17, 15) is 14.4 Å². The summed E-state index contributed by atoms with van der Waals surface area (Å²) in [5.74, 6) is -0.803. The van der Waals surface area contributed by atoms with E-state index in [2.05, 4.69) is 15.3 Å². The summed E-state index contributed by atoms with van der Waals surface area (Å²) in [5.41, 5.74) is 12.4. The largest absolute Gasteiger partial charge is 0.366 e. The number of carbonyl (C=O) groups excluding carboxylic acids is 2. The fourth-order valence-corrected chi connectivity index (χ4v) is 4.28. The molecule has 2 amide bonds. The Bertz CT molecular complexity index is 1590. The number of aryl methyl sites for hydroxylation is 3. The quantitative estimate of drug-likeness (QED) is 0.363. The monoisotopic (exact) mass is 468 g/mol. The molecule has 176 valence electrons. The molecule has 0 radical (unpaired) electrons. The third-order valence-electron chi connectivity index (χ3n) is 6.54. The molecule has 35 heavy (non-hydrogen) atoms. The van der Waals surface area contributed by atoms with E-state index in [-0.39, 0.29) is 18.0 Å². The third-order valence-corrected chi connectivity index (χ3v) is 6.54. The summed E-state index contributed by atoms with van der Waals surface area (Å²) in [7, 11) is 5.48. The van der Waals surface area contributed by atoms with Crippen LogP contribution in [0, 0.1) is 20.8 Å². The highest BCUT2D eigenvalue weighted by Gasteiger charge is 2.21. The minimum atomic E-state index is -0.538. The van der Waals surface area contributed by atoms with Crippen molar-refractivity contribution in [3.8, 4) is 11.1 Å². The Morgan fingerprint density at radius 2 is 1.80 bits per heavy atom. The maximum Gasteiger partial charge on any atom is 0.263 e. The average molecular weight is 468 g/mol. The zero-order valence-electron chi connectivity index (χ0n) is 20.7. The smallest absolute Gasteiger partial charge is 0.263 e. The highest BCUT2D eigenvalue weighted by atomic mass is 16.2. The zero-order valence-corrected chi connectivity index (χ0v) is 20.7. The molecule has 9 nitrogen and oxygen atoms in total. The SMILES string of the molecule is Bc1c(-c2cn(CC(=O)Nc3cc(C)ncc3C)c3ncn(C)c(=O)c23)cc(C(N)=O)c(C)c1B. The average Bonchev–Trinajstić information content (AvgIpc) is 3.15. The fourth-order valence-electron chi connectivity index (χ4n) is 4.28. The van der Waals surface area contributed by atoms with Crippen molar-refractivity contribution in [2.75, 3.05) is 5.32 Å². The van der Waals surface area contributed by atoms with E-state index in [0.29, 0.717) is 33.4 Å². The van der Waals surface area contributed by atoms with Crippen molar-refractivity contribution < 1.29 is 9.59 Å². The van der Waals surface area contributed by atoms with Gasteiger partial charge in [0.25, 0.3) is 5.56 Å². The number of nitrogens with one attached hydrogen (secondary N) is 1. The van der Waals surface area contributed by atoms with Gasteiger partial charge in [0.15, 0.2) is 0 Å². The van der Waals surface area contributed by atoms with Crippen LogP contribution in [0.2, 0.25) is 0 Å². The maximum atomic E-state index is 13.2. The van der Waals surface area contributed by atoms with Crippen LogP contribution in [0.4, 0.5) is 5.69 Å². The normalized spacial score (nSPS) is 11.1. The van der Waals surface area contributed by atoms with Crippen molar-refractivity contribution >= 4 is 55.2 Å². The van der Waals surface area contributed by atoms with Crippen molar-refractivity contribution in [3.63, 3.8) is 0 Å². The molecule has 1 aromatic carbocycles. The molecule has 3 heterocycles. The number of anilines is 1. The lowest BCUT2D eigenvalue weighted by Gasteiger charge is -2.15. The second-order valence-corrected chi connectivity index (χ2v) is 8.93. The van der Waals surface area contributed by atoms with Gasteiger partial charge in [-0.3, -0.25) is 19.4 Å². The summed E-state index contributed by atoms with van der Waals surface area (Å²) in [5, 5.41) is 3.29. The highest BCUT2D eigenvalue weighted by molar-refractivity contribution is 6.52. The lowest BCUT2D eigenvalue weighted by Crippen LogP contribution is -2.33. The first-order valence-electron chi connectivity index (χ1n) is 11.2. The molecule has 4 aromatic rings. The van der Waals surface area contributed by atoms with Crippen LogP contribution < -0.4 is 27.5 Å². The number of pyridine rings is 1. The Morgan fingerprint density at radius 1 is 1.09 bits per heavy atom. The number of nitrogens with zero attached hydrogens (tertiary/aromatic N) is 4. The van der Waals surface area contributed by atoms with Crippen LogP contribution in [0.3, 0.4) is 0 Å². The molecule has 0 aliphatic carbocycles. The van der Waals surface area contributed by atoms with Gasteiger partial charge in [-0.15, -0.1) is 0 Å². The molecule has 0 unspecified atom stereocenters. The molecule has 0 bridgehead atoms. The lowest BCUT2D eigenvalue weighted by atomic mass is 9.72. The van der Waals surface area contributed by atoms with E-state index in [4.69, 9.17) is 5.73 Å². The van der Waals surface area contributed by atoms with Gasteiger partial charge in [-0.2, -0.15) is 0 Å². The summed E-state index contributed by atoms with van der Waals surface area (Å²) in [6.45, 7) is 5.52. The molecule has 3 aromatic heterocycles. The van der Waals surface area contributed by atoms with E-state index < -0.39 is 5.91 Å². The summed E-state index contributed by atoms with van der Waals surface area (Å²) < 4.78 is 3.05. The summed E-state index contributed by atoms with van der Waals surface area (Å²) in [6, 6.07) is 3.53. The number of carbonyl (C=O) groups is 2. The summed E-state index contributed by atoms with van der Waals surface area (Å²) >= 11 is 0. The molecule has 0 saturated carbocycles. The second-order valence-electron chi connectivity index (χ2n) is 8.93. The molecule has 0 saturated heterocycles. The number of benzene rings is 1. The third kappa shape index (κ3) is 4.25. The van der Waals surface area contributed by atoms with Gasteiger partial charge in [0.2, 0.25) is 11.8 Å². The van der Waals surface area contributed by atoms with Gasteiger partial charge < -0.3 is 20.2 Å². The van der Waals surface area contributed by atoms with Gasteiger partial charge in [-0.05, 0) is 49.6 Å². The maximum absolute atomic E-state index is 13.2. The fraction of sp³-hybridized carbons (Fsp3) is 0.208. The first kappa shape index (κ1) is 24.0. The molecule has 0 aliphatic rings. The van der Waals surface area contributed by atoms with Crippen molar-refractivity contribution in [2.24, 2.45) is 12.8 Å². The number of primary amides is 1. The minimum absolute atomic E-state index is 0.0515. The Kier molecular flexibility index (Phi) is 6.10. The van der Waals surface area contributed by atoms with E-state index >= 15 is 0 Å². The number of hydrogen-bond donors (Lipinski definition) is 2. The zero-order chi connectivity index (χ0) is 25.6. The standard InChI is InChI=1S/C24H26B2N6O3/c1-11-7-28-12(2)5-17(11)30-18(33)9-32-8-16(19-23(32)29-10-31(4)24(19)35)15-6-14(22(27)34)13(3)20(25)21(15)26/h5-8,10H,9,25-26H2,1-4H3,(H2,27,34)(H,28,30,33). The van der Waals surface area contributed by atoms with Crippen molar-refractivity contribution in [1.82, 2.24) is 19.1 Å². The molecular weight excluding hydrogens is 442 g/mol. The first-order chi connectivity index (χ1) is 16.5. The van der Waals surface area contributed by atoms with Crippen LogP contribution >= 0.6 is 0 Å². The topological polar surface area (TPSA) is 125 Å². The van der Waals surface area contributed by atoms with Crippen LogP contribution in [0.25, 0.3) is 22.2 Å². The van der Waals surface area contributed by atoms with Gasteiger partial charge in [0.1, 0.15) is 27.9 Å². The number of amides is 2. The Balaban J connectivity index is 1.87. The number of nitrogens with two attached hydrogens (primary N) is 1. The van der Waals surface area contributed by atoms with Crippen LogP contribution in [0.15, 0.2) is 35.6 Å². The number of fused-ring (bicyclic) bond motifs is 1. The van der Waals surface area contributed by atoms with E-state index in [1.165, 1.54) is 10.9 Å².